The van der Waals surface area contributed by atoms with Crippen molar-refractivity contribution in [2.75, 3.05) is 45.9 Å². The monoisotopic (exact) mass is 344 g/mol. The molecule has 1 unspecified atom stereocenters. The van der Waals surface area contributed by atoms with Crippen molar-refractivity contribution >= 4 is 5.95 Å². The van der Waals surface area contributed by atoms with Crippen LogP contribution in [0.2, 0.25) is 0 Å². The van der Waals surface area contributed by atoms with E-state index in [4.69, 9.17) is 19.2 Å². The van der Waals surface area contributed by atoms with Crippen LogP contribution in [0, 0.1) is 5.92 Å². The summed E-state index contributed by atoms with van der Waals surface area (Å²) in [6, 6.07) is 5.65. The van der Waals surface area contributed by atoms with E-state index in [0.29, 0.717) is 29.1 Å². The first-order valence-corrected chi connectivity index (χ1v) is 8.41. The summed E-state index contributed by atoms with van der Waals surface area (Å²) < 4.78 is 16.3. The Morgan fingerprint density at radius 1 is 1.16 bits per heavy atom. The number of hydrogen-bond donors (Lipinski definition) is 0. The molecule has 1 aliphatic rings. The highest BCUT2D eigenvalue weighted by atomic mass is 16.5. The van der Waals surface area contributed by atoms with E-state index in [1.807, 2.05) is 18.2 Å². The molecule has 0 N–H and O–H groups in total. The van der Waals surface area contributed by atoms with Crippen molar-refractivity contribution in [2.45, 2.75) is 12.8 Å². The largest absolute Gasteiger partial charge is 0.496 e. The summed E-state index contributed by atoms with van der Waals surface area (Å²) in [5.41, 5.74) is 1.47. The van der Waals surface area contributed by atoms with Crippen LogP contribution in [-0.4, -0.2) is 56.2 Å². The molecule has 0 bridgehead atoms. The van der Waals surface area contributed by atoms with Crippen LogP contribution < -0.4 is 14.4 Å². The normalized spacial score (nSPS) is 17.4. The van der Waals surface area contributed by atoms with Crippen LogP contribution in [0.1, 0.15) is 12.8 Å². The van der Waals surface area contributed by atoms with E-state index in [1.165, 1.54) is 0 Å². The average Bonchev–Trinajstić information content (AvgIpc) is 2.68. The highest BCUT2D eigenvalue weighted by Gasteiger charge is 2.23. The number of benzene rings is 1. The molecule has 134 valence electrons. The summed E-state index contributed by atoms with van der Waals surface area (Å²) in [7, 11) is 5.01. The number of rotatable bonds is 6. The molecular formula is C18H24N4O3. The third kappa shape index (κ3) is 3.82. The van der Waals surface area contributed by atoms with Gasteiger partial charge in [0, 0.05) is 20.2 Å². The molecule has 0 saturated carbocycles. The van der Waals surface area contributed by atoms with Gasteiger partial charge in [0.25, 0.3) is 0 Å². The SMILES string of the molecule is COCC1CCCN(c2nncc(-c3c(OC)cccc3OC)n2)C1. The third-order valence-corrected chi connectivity index (χ3v) is 4.44. The van der Waals surface area contributed by atoms with Crippen LogP contribution in [0.3, 0.4) is 0 Å². The number of methoxy groups -OCH3 is 3. The minimum Gasteiger partial charge on any atom is -0.496 e. The Labute approximate surface area is 147 Å². The third-order valence-electron chi connectivity index (χ3n) is 4.44. The Bertz CT molecular complexity index is 686. The molecule has 1 aromatic carbocycles. The van der Waals surface area contributed by atoms with Crippen molar-refractivity contribution in [1.82, 2.24) is 15.2 Å². The maximum absolute atomic E-state index is 5.48. The van der Waals surface area contributed by atoms with Gasteiger partial charge in [-0.25, -0.2) is 4.98 Å². The summed E-state index contributed by atoms with van der Waals surface area (Å²) in [4.78, 5) is 6.90. The highest BCUT2D eigenvalue weighted by Crippen LogP contribution is 2.37. The predicted octanol–water partition coefficient (Wildman–Crippen LogP) is 2.42. The molecule has 7 heteroatoms. The quantitative estimate of drug-likeness (QED) is 0.797. The smallest absolute Gasteiger partial charge is 0.245 e. The first-order chi connectivity index (χ1) is 12.3. The molecule has 2 heterocycles. The second kappa shape index (κ2) is 8.11. The summed E-state index contributed by atoms with van der Waals surface area (Å²) in [6.07, 6.45) is 3.90. The molecule has 2 aromatic rings. The fourth-order valence-corrected chi connectivity index (χ4v) is 3.27. The molecule has 1 aliphatic heterocycles. The molecule has 0 spiro atoms. The Hall–Kier alpha value is -2.41. The lowest BCUT2D eigenvalue weighted by Gasteiger charge is -2.32. The van der Waals surface area contributed by atoms with Crippen molar-refractivity contribution in [3.05, 3.63) is 24.4 Å². The molecule has 7 nitrogen and oxygen atoms in total. The van der Waals surface area contributed by atoms with E-state index in [1.54, 1.807) is 27.5 Å². The molecular weight excluding hydrogens is 320 g/mol. The van der Waals surface area contributed by atoms with Gasteiger partial charge >= 0.3 is 0 Å². The molecule has 25 heavy (non-hydrogen) atoms. The predicted molar refractivity (Wildman–Crippen MR) is 95.2 cm³/mol. The summed E-state index contributed by atoms with van der Waals surface area (Å²) >= 11 is 0. The lowest BCUT2D eigenvalue weighted by Crippen LogP contribution is -2.38. The van der Waals surface area contributed by atoms with Crippen LogP contribution in [0.5, 0.6) is 11.5 Å². The highest BCUT2D eigenvalue weighted by molar-refractivity contribution is 5.74. The average molecular weight is 344 g/mol. The van der Waals surface area contributed by atoms with Gasteiger partial charge in [0.2, 0.25) is 5.95 Å². The number of nitrogens with zero attached hydrogens (tertiary/aromatic N) is 4. The lowest BCUT2D eigenvalue weighted by molar-refractivity contribution is 0.143. The van der Waals surface area contributed by atoms with Gasteiger partial charge in [0.15, 0.2) is 0 Å². The number of hydrogen-bond acceptors (Lipinski definition) is 7. The van der Waals surface area contributed by atoms with Gasteiger partial charge in [-0.3, -0.25) is 0 Å². The van der Waals surface area contributed by atoms with Crippen LogP contribution >= 0.6 is 0 Å². The van der Waals surface area contributed by atoms with Crippen LogP contribution in [0.15, 0.2) is 24.4 Å². The fraction of sp³-hybridized carbons (Fsp3) is 0.500. The molecule has 1 saturated heterocycles. The van der Waals surface area contributed by atoms with Crippen LogP contribution in [0.25, 0.3) is 11.3 Å². The second-order valence-electron chi connectivity index (χ2n) is 6.09. The minimum atomic E-state index is 0.492. The van der Waals surface area contributed by atoms with Crippen LogP contribution in [0.4, 0.5) is 5.95 Å². The Balaban J connectivity index is 1.92. The van der Waals surface area contributed by atoms with Crippen molar-refractivity contribution in [3.8, 4) is 22.8 Å². The Kier molecular flexibility index (Phi) is 5.65. The zero-order valence-corrected chi connectivity index (χ0v) is 14.9. The second-order valence-corrected chi connectivity index (χ2v) is 6.09. The molecule has 1 fully saturated rings. The zero-order valence-electron chi connectivity index (χ0n) is 14.9. The fourth-order valence-electron chi connectivity index (χ4n) is 3.27. The number of piperidine rings is 1. The standard InChI is InChI=1S/C18H24N4O3/c1-23-12-13-6-5-9-22(11-13)18-20-14(10-19-21-18)17-15(24-2)7-4-8-16(17)25-3/h4,7-8,10,13H,5-6,9,11-12H2,1-3H3. The van der Waals surface area contributed by atoms with Crippen molar-refractivity contribution in [1.29, 1.82) is 0 Å². The maximum Gasteiger partial charge on any atom is 0.245 e. The first kappa shape index (κ1) is 17.4. The summed E-state index contributed by atoms with van der Waals surface area (Å²) in [5, 5.41) is 8.40. The van der Waals surface area contributed by atoms with Gasteiger partial charge in [-0.1, -0.05) is 6.07 Å². The Morgan fingerprint density at radius 3 is 2.60 bits per heavy atom. The van der Waals surface area contributed by atoms with Gasteiger partial charge in [0.1, 0.15) is 17.2 Å². The van der Waals surface area contributed by atoms with E-state index in [-0.39, 0.29) is 0 Å². The first-order valence-electron chi connectivity index (χ1n) is 8.41. The van der Waals surface area contributed by atoms with E-state index in [0.717, 1.165) is 38.1 Å². The Morgan fingerprint density at radius 2 is 1.92 bits per heavy atom. The number of anilines is 1. The van der Waals surface area contributed by atoms with Gasteiger partial charge in [-0.15, -0.1) is 5.10 Å². The molecule has 0 amide bonds. The van der Waals surface area contributed by atoms with E-state index < -0.39 is 0 Å². The van der Waals surface area contributed by atoms with Gasteiger partial charge in [-0.05, 0) is 30.9 Å². The zero-order chi connectivity index (χ0) is 17.6. The summed E-state index contributed by atoms with van der Waals surface area (Å²) in [5.74, 6) is 2.52. The number of aromatic nitrogens is 3. The van der Waals surface area contributed by atoms with Gasteiger partial charge in [-0.2, -0.15) is 5.10 Å². The molecule has 3 rings (SSSR count). The molecule has 1 atom stereocenters. The van der Waals surface area contributed by atoms with E-state index in [2.05, 4.69) is 15.1 Å². The minimum absolute atomic E-state index is 0.492. The van der Waals surface area contributed by atoms with Crippen LogP contribution in [-0.2, 0) is 4.74 Å². The van der Waals surface area contributed by atoms with Gasteiger partial charge in [0.05, 0.1) is 32.6 Å². The lowest BCUT2D eigenvalue weighted by atomic mass is 9.99. The van der Waals surface area contributed by atoms with E-state index in [9.17, 15) is 0 Å². The summed E-state index contributed by atoms with van der Waals surface area (Å²) in [6.45, 7) is 2.56. The molecule has 1 aromatic heterocycles. The van der Waals surface area contributed by atoms with Crippen molar-refractivity contribution in [3.63, 3.8) is 0 Å². The van der Waals surface area contributed by atoms with E-state index >= 15 is 0 Å². The van der Waals surface area contributed by atoms with Gasteiger partial charge < -0.3 is 19.1 Å². The topological polar surface area (TPSA) is 69.6 Å². The molecule has 0 aliphatic carbocycles. The van der Waals surface area contributed by atoms with Crippen molar-refractivity contribution in [2.24, 2.45) is 5.92 Å². The maximum atomic E-state index is 5.48. The number of ether oxygens (including phenoxy) is 3. The van der Waals surface area contributed by atoms with Crippen molar-refractivity contribution < 1.29 is 14.2 Å². The molecule has 0 radical (unpaired) electrons.